The lowest BCUT2D eigenvalue weighted by atomic mass is 10.1. The fourth-order valence-electron chi connectivity index (χ4n) is 0.873. The van der Waals surface area contributed by atoms with Gasteiger partial charge in [-0.15, -0.1) is 0 Å². The van der Waals surface area contributed by atoms with Crippen LogP contribution in [-0.2, 0) is 6.54 Å². The van der Waals surface area contributed by atoms with Crippen LogP contribution in [0.5, 0.6) is 0 Å². The summed E-state index contributed by atoms with van der Waals surface area (Å²) in [6.07, 6.45) is 0. The molecule has 2 N–H and O–H groups in total. The standard InChI is InChI=1S/C8H9ClFN/c1-5-2-6(4-11)7(9)3-8(5)10/h2-3H,4,11H2,1H3. The molecule has 0 heterocycles. The van der Waals surface area contributed by atoms with Gasteiger partial charge in [0, 0.05) is 11.6 Å². The SMILES string of the molecule is Cc1cc(CN)c(Cl)cc1F. The van der Waals surface area contributed by atoms with Crippen LogP contribution in [-0.4, -0.2) is 0 Å². The number of hydrogen-bond acceptors (Lipinski definition) is 1. The zero-order valence-electron chi connectivity index (χ0n) is 6.20. The predicted octanol–water partition coefficient (Wildman–Crippen LogP) is 2.25. The van der Waals surface area contributed by atoms with Crippen molar-refractivity contribution in [3.8, 4) is 0 Å². The van der Waals surface area contributed by atoms with Crippen molar-refractivity contribution in [3.05, 3.63) is 34.1 Å². The van der Waals surface area contributed by atoms with Gasteiger partial charge in [-0.1, -0.05) is 17.7 Å². The van der Waals surface area contributed by atoms with Crippen molar-refractivity contribution in [2.24, 2.45) is 5.73 Å². The van der Waals surface area contributed by atoms with Crippen LogP contribution in [0.4, 0.5) is 4.39 Å². The molecule has 60 valence electrons. The van der Waals surface area contributed by atoms with E-state index in [1.54, 1.807) is 13.0 Å². The van der Waals surface area contributed by atoms with E-state index in [2.05, 4.69) is 0 Å². The summed E-state index contributed by atoms with van der Waals surface area (Å²) in [5.74, 6) is -0.285. The van der Waals surface area contributed by atoms with Crippen LogP contribution in [0.3, 0.4) is 0 Å². The van der Waals surface area contributed by atoms with E-state index in [1.165, 1.54) is 6.07 Å². The second-order valence-electron chi connectivity index (χ2n) is 2.40. The highest BCUT2D eigenvalue weighted by atomic mass is 35.5. The fraction of sp³-hybridized carbons (Fsp3) is 0.250. The van der Waals surface area contributed by atoms with Crippen LogP contribution in [0.25, 0.3) is 0 Å². The maximum Gasteiger partial charge on any atom is 0.127 e. The molecule has 0 radical (unpaired) electrons. The van der Waals surface area contributed by atoms with Crippen LogP contribution >= 0.6 is 11.6 Å². The minimum absolute atomic E-state index is 0.285. The molecule has 0 saturated carbocycles. The first-order valence-corrected chi connectivity index (χ1v) is 3.67. The van der Waals surface area contributed by atoms with Gasteiger partial charge in [-0.25, -0.2) is 4.39 Å². The molecule has 1 nitrogen and oxygen atoms in total. The van der Waals surface area contributed by atoms with E-state index in [1.807, 2.05) is 0 Å². The van der Waals surface area contributed by atoms with Crippen molar-refractivity contribution in [2.75, 3.05) is 0 Å². The fourth-order valence-corrected chi connectivity index (χ4v) is 1.10. The van der Waals surface area contributed by atoms with Gasteiger partial charge in [0.2, 0.25) is 0 Å². The lowest BCUT2D eigenvalue weighted by Crippen LogP contribution is -1.98. The maximum atomic E-state index is 12.8. The zero-order valence-corrected chi connectivity index (χ0v) is 6.95. The first-order valence-electron chi connectivity index (χ1n) is 3.29. The first kappa shape index (κ1) is 8.50. The molecule has 0 spiro atoms. The van der Waals surface area contributed by atoms with Gasteiger partial charge in [0.25, 0.3) is 0 Å². The predicted molar refractivity (Wildman–Crippen MR) is 44.0 cm³/mol. The number of hydrogen-bond donors (Lipinski definition) is 1. The molecule has 3 heteroatoms. The van der Waals surface area contributed by atoms with Gasteiger partial charge in [-0.3, -0.25) is 0 Å². The molecular formula is C8H9ClFN. The summed E-state index contributed by atoms with van der Waals surface area (Å²) in [6.45, 7) is 2.03. The molecule has 0 fully saturated rings. The van der Waals surface area contributed by atoms with Gasteiger partial charge in [0.05, 0.1) is 0 Å². The Kier molecular flexibility index (Phi) is 2.47. The summed E-state index contributed by atoms with van der Waals surface area (Å²) in [5.41, 5.74) is 6.72. The third-order valence-corrected chi connectivity index (χ3v) is 1.90. The van der Waals surface area contributed by atoms with Crippen molar-refractivity contribution >= 4 is 11.6 Å². The Bertz CT molecular complexity index is 273. The van der Waals surface area contributed by atoms with E-state index >= 15 is 0 Å². The second-order valence-corrected chi connectivity index (χ2v) is 2.80. The van der Waals surface area contributed by atoms with Gasteiger partial charge in [0.15, 0.2) is 0 Å². The number of rotatable bonds is 1. The molecule has 0 bridgehead atoms. The van der Waals surface area contributed by atoms with E-state index in [0.717, 1.165) is 5.56 Å². The lowest BCUT2D eigenvalue weighted by molar-refractivity contribution is 0.617. The van der Waals surface area contributed by atoms with Crippen molar-refractivity contribution < 1.29 is 4.39 Å². The Balaban J connectivity index is 3.21. The van der Waals surface area contributed by atoms with Crippen molar-refractivity contribution in [1.82, 2.24) is 0 Å². The molecule has 0 atom stereocenters. The molecule has 0 aliphatic heterocycles. The number of benzene rings is 1. The van der Waals surface area contributed by atoms with Gasteiger partial charge < -0.3 is 5.73 Å². The van der Waals surface area contributed by atoms with Crippen molar-refractivity contribution in [3.63, 3.8) is 0 Å². The molecule has 1 aromatic rings. The Morgan fingerprint density at radius 2 is 2.18 bits per heavy atom. The topological polar surface area (TPSA) is 26.0 Å². The van der Waals surface area contributed by atoms with E-state index < -0.39 is 0 Å². The van der Waals surface area contributed by atoms with Crippen molar-refractivity contribution in [2.45, 2.75) is 13.5 Å². The highest BCUT2D eigenvalue weighted by Gasteiger charge is 2.02. The molecule has 0 unspecified atom stereocenters. The monoisotopic (exact) mass is 173 g/mol. The summed E-state index contributed by atoms with van der Waals surface area (Å²) in [7, 11) is 0. The highest BCUT2D eigenvalue weighted by Crippen LogP contribution is 2.19. The smallest absolute Gasteiger partial charge is 0.127 e. The van der Waals surface area contributed by atoms with Gasteiger partial charge in [-0.2, -0.15) is 0 Å². The molecule has 0 aliphatic rings. The van der Waals surface area contributed by atoms with E-state index in [9.17, 15) is 4.39 Å². The Labute approximate surface area is 70.0 Å². The maximum absolute atomic E-state index is 12.8. The number of halogens is 2. The molecule has 11 heavy (non-hydrogen) atoms. The van der Waals surface area contributed by atoms with Crippen molar-refractivity contribution in [1.29, 1.82) is 0 Å². The summed E-state index contributed by atoms with van der Waals surface area (Å²) in [5, 5.41) is 0.399. The van der Waals surface area contributed by atoms with Crippen LogP contribution in [0.15, 0.2) is 12.1 Å². The minimum atomic E-state index is -0.285. The third-order valence-electron chi connectivity index (χ3n) is 1.55. The largest absolute Gasteiger partial charge is 0.326 e. The van der Waals surface area contributed by atoms with Crippen LogP contribution < -0.4 is 5.73 Å². The molecule has 0 amide bonds. The number of nitrogens with two attached hydrogens (primary N) is 1. The minimum Gasteiger partial charge on any atom is -0.326 e. The van der Waals surface area contributed by atoms with E-state index in [4.69, 9.17) is 17.3 Å². The Morgan fingerprint density at radius 3 is 2.73 bits per heavy atom. The quantitative estimate of drug-likeness (QED) is 0.693. The van der Waals surface area contributed by atoms with Crippen LogP contribution in [0.1, 0.15) is 11.1 Å². The van der Waals surface area contributed by atoms with Gasteiger partial charge in [0.1, 0.15) is 5.82 Å². The Morgan fingerprint density at radius 1 is 1.55 bits per heavy atom. The summed E-state index contributed by atoms with van der Waals surface area (Å²) in [6, 6.07) is 2.96. The molecule has 0 aliphatic carbocycles. The van der Waals surface area contributed by atoms with Crippen LogP contribution in [0.2, 0.25) is 5.02 Å². The zero-order chi connectivity index (χ0) is 8.43. The van der Waals surface area contributed by atoms with E-state index in [-0.39, 0.29) is 5.82 Å². The molecular weight excluding hydrogens is 165 g/mol. The average Bonchev–Trinajstić information content (AvgIpc) is 1.97. The molecule has 0 saturated heterocycles. The van der Waals surface area contributed by atoms with Gasteiger partial charge >= 0.3 is 0 Å². The van der Waals surface area contributed by atoms with E-state index in [0.29, 0.717) is 17.1 Å². The summed E-state index contributed by atoms with van der Waals surface area (Å²) < 4.78 is 12.8. The normalized spacial score (nSPS) is 10.2. The summed E-state index contributed by atoms with van der Waals surface area (Å²) >= 11 is 5.68. The van der Waals surface area contributed by atoms with Gasteiger partial charge in [-0.05, 0) is 24.1 Å². The van der Waals surface area contributed by atoms with Crippen LogP contribution in [0, 0.1) is 12.7 Å². The average molecular weight is 174 g/mol. The first-order chi connectivity index (χ1) is 5.15. The Hall–Kier alpha value is -0.600. The highest BCUT2D eigenvalue weighted by molar-refractivity contribution is 6.31. The molecule has 0 aromatic heterocycles. The second kappa shape index (κ2) is 3.20. The lowest BCUT2D eigenvalue weighted by Gasteiger charge is -2.02. The summed E-state index contributed by atoms with van der Waals surface area (Å²) in [4.78, 5) is 0. The molecule has 1 aromatic carbocycles. The number of aryl methyl sites for hydroxylation is 1. The molecule has 1 rings (SSSR count). The third kappa shape index (κ3) is 1.70.